The molecular formula is C12H17N3O2. The lowest BCUT2D eigenvalue weighted by Gasteiger charge is -2.10. The summed E-state index contributed by atoms with van der Waals surface area (Å²) in [6.45, 7) is 2.38. The van der Waals surface area contributed by atoms with Crippen molar-refractivity contribution in [2.45, 2.75) is 0 Å². The molecule has 0 bridgehead atoms. The Morgan fingerprint density at radius 3 is 2.88 bits per heavy atom. The third-order valence-corrected chi connectivity index (χ3v) is 2.22. The van der Waals surface area contributed by atoms with Crippen molar-refractivity contribution in [3.8, 4) is 6.07 Å². The first-order valence-corrected chi connectivity index (χ1v) is 5.38. The molecule has 3 N–H and O–H groups in total. The van der Waals surface area contributed by atoms with Crippen molar-refractivity contribution in [3.05, 3.63) is 23.8 Å². The molecule has 0 heterocycles. The number of ether oxygens (including phenoxy) is 2. The number of benzene rings is 1. The lowest BCUT2D eigenvalue weighted by molar-refractivity contribution is 0.0759. The summed E-state index contributed by atoms with van der Waals surface area (Å²) in [6.07, 6.45) is 0. The van der Waals surface area contributed by atoms with E-state index in [1.807, 2.05) is 12.1 Å². The number of nitrogen functional groups attached to an aromatic ring is 1. The van der Waals surface area contributed by atoms with Crippen LogP contribution in [0.2, 0.25) is 0 Å². The van der Waals surface area contributed by atoms with Crippen LogP contribution in [0.1, 0.15) is 5.56 Å². The highest BCUT2D eigenvalue weighted by Crippen LogP contribution is 2.21. The second-order valence-corrected chi connectivity index (χ2v) is 3.41. The molecule has 0 saturated heterocycles. The molecule has 1 rings (SSSR count). The molecule has 0 saturated carbocycles. The minimum absolute atomic E-state index is 0.479. The van der Waals surface area contributed by atoms with Gasteiger partial charge in [0.05, 0.1) is 36.8 Å². The Kier molecular flexibility index (Phi) is 5.86. The van der Waals surface area contributed by atoms with E-state index in [9.17, 15) is 0 Å². The third-order valence-electron chi connectivity index (χ3n) is 2.22. The van der Waals surface area contributed by atoms with E-state index in [0.717, 1.165) is 5.69 Å². The maximum Gasteiger partial charge on any atom is 0.101 e. The molecule has 1 aromatic rings. The molecule has 92 valence electrons. The van der Waals surface area contributed by atoms with Crippen LogP contribution >= 0.6 is 0 Å². The molecular weight excluding hydrogens is 218 g/mol. The molecule has 17 heavy (non-hydrogen) atoms. The first kappa shape index (κ1) is 13.3. The number of methoxy groups -OCH3 is 1. The summed E-state index contributed by atoms with van der Waals surface area (Å²) in [6, 6.07) is 7.36. The van der Waals surface area contributed by atoms with Gasteiger partial charge in [0.2, 0.25) is 0 Å². The topological polar surface area (TPSA) is 80.3 Å². The van der Waals surface area contributed by atoms with Crippen LogP contribution in [-0.4, -0.2) is 33.5 Å². The zero-order valence-electron chi connectivity index (χ0n) is 9.90. The van der Waals surface area contributed by atoms with Crippen molar-refractivity contribution in [2.24, 2.45) is 0 Å². The van der Waals surface area contributed by atoms with E-state index in [4.69, 9.17) is 20.5 Å². The first-order valence-electron chi connectivity index (χ1n) is 5.38. The molecule has 0 spiro atoms. The van der Waals surface area contributed by atoms with Crippen LogP contribution in [0, 0.1) is 11.3 Å². The Hall–Kier alpha value is -1.77. The van der Waals surface area contributed by atoms with Crippen molar-refractivity contribution < 1.29 is 9.47 Å². The normalized spacial score (nSPS) is 9.88. The minimum atomic E-state index is 0.479. The number of rotatable bonds is 7. The second kappa shape index (κ2) is 7.49. The van der Waals surface area contributed by atoms with Gasteiger partial charge in [-0.1, -0.05) is 6.07 Å². The minimum Gasteiger partial charge on any atom is -0.396 e. The summed E-state index contributed by atoms with van der Waals surface area (Å²) in [4.78, 5) is 0. The number of hydrogen-bond acceptors (Lipinski definition) is 5. The zero-order valence-corrected chi connectivity index (χ0v) is 9.90. The highest BCUT2D eigenvalue weighted by molar-refractivity contribution is 5.72. The smallest absolute Gasteiger partial charge is 0.101 e. The Labute approximate surface area is 101 Å². The van der Waals surface area contributed by atoms with Gasteiger partial charge in [-0.15, -0.1) is 0 Å². The van der Waals surface area contributed by atoms with Gasteiger partial charge in [0.25, 0.3) is 0 Å². The summed E-state index contributed by atoms with van der Waals surface area (Å²) in [5.74, 6) is 0. The van der Waals surface area contributed by atoms with Gasteiger partial charge in [0.1, 0.15) is 6.07 Å². The van der Waals surface area contributed by atoms with E-state index in [1.165, 1.54) is 0 Å². The van der Waals surface area contributed by atoms with Crippen molar-refractivity contribution >= 4 is 11.4 Å². The third kappa shape index (κ3) is 4.31. The average Bonchev–Trinajstić information content (AvgIpc) is 2.35. The van der Waals surface area contributed by atoms with Crippen LogP contribution in [0.4, 0.5) is 11.4 Å². The SMILES string of the molecule is COCCOCCNc1cccc(C#N)c1N. The molecule has 0 atom stereocenters. The molecule has 0 amide bonds. The summed E-state index contributed by atoms with van der Waals surface area (Å²) >= 11 is 0. The summed E-state index contributed by atoms with van der Waals surface area (Å²) in [7, 11) is 1.63. The quantitative estimate of drug-likeness (QED) is 0.548. The fourth-order valence-corrected chi connectivity index (χ4v) is 1.32. The van der Waals surface area contributed by atoms with E-state index in [1.54, 1.807) is 19.2 Å². The van der Waals surface area contributed by atoms with Gasteiger partial charge in [-0.2, -0.15) is 5.26 Å². The Balaban J connectivity index is 2.35. The Morgan fingerprint density at radius 1 is 1.35 bits per heavy atom. The van der Waals surface area contributed by atoms with Crippen LogP contribution in [-0.2, 0) is 9.47 Å². The molecule has 5 heteroatoms. The molecule has 0 fully saturated rings. The number of para-hydroxylation sites is 1. The largest absolute Gasteiger partial charge is 0.396 e. The summed E-state index contributed by atoms with van der Waals surface area (Å²) in [5.41, 5.74) is 7.53. The fourth-order valence-electron chi connectivity index (χ4n) is 1.32. The second-order valence-electron chi connectivity index (χ2n) is 3.41. The number of nitriles is 1. The van der Waals surface area contributed by atoms with E-state index < -0.39 is 0 Å². The van der Waals surface area contributed by atoms with Crippen LogP contribution in [0.5, 0.6) is 0 Å². The maximum absolute atomic E-state index is 8.82. The van der Waals surface area contributed by atoms with Crippen LogP contribution in [0.25, 0.3) is 0 Å². The van der Waals surface area contributed by atoms with Gasteiger partial charge < -0.3 is 20.5 Å². The van der Waals surface area contributed by atoms with Crippen molar-refractivity contribution in [2.75, 3.05) is 44.5 Å². The van der Waals surface area contributed by atoms with Crippen LogP contribution in [0.3, 0.4) is 0 Å². The molecule has 1 aromatic carbocycles. The van der Waals surface area contributed by atoms with Gasteiger partial charge in [0, 0.05) is 13.7 Å². The van der Waals surface area contributed by atoms with Crippen molar-refractivity contribution in [1.29, 1.82) is 5.26 Å². The molecule has 0 aliphatic heterocycles. The first-order chi connectivity index (χ1) is 8.29. The van der Waals surface area contributed by atoms with E-state index in [-0.39, 0.29) is 0 Å². The molecule has 0 aliphatic carbocycles. The standard InChI is InChI=1S/C12H17N3O2/c1-16-7-8-17-6-5-15-11-4-2-3-10(9-13)12(11)14/h2-4,15H,5-8,14H2,1H3. The van der Waals surface area contributed by atoms with Gasteiger partial charge in [-0.05, 0) is 12.1 Å². The number of nitrogens with two attached hydrogens (primary N) is 1. The molecule has 5 nitrogen and oxygen atoms in total. The Bertz CT molecular complexity index is 388. The predicted octanol–water partition coefficient (Wildman–Crippen LogP) is 1.22. The lowest BCUT2D eigenvalue weighted by atomic mass is 10.1. The zero-order chi connectivity index (χ0) is 12.5. The van der Waals surface area contributed by atoms with Crippen LogP contribution in [0.15, 0.2) is 18.2 Å². The monoisotopic (exact) mass is 235 g/mol. The van der Waals surface area contributed by atoms with E-state index >= 15 is 0 Å². The number of anilines is 2. The molecule has 0 unspecified atom stereocenters. The fraction of sp³-hybridized carbons (Fsp3) is 0.417. The molecule has 0 radical (unpaired) electrons. The number of hydrogen-bond donors (Lipinski definition) is 2. The predicted molar refractivity (Wildman–Crippen MR) is 66.8 cm³/mol. The van der Waals surface area contributed by atoms with Crippen LogP contribution < -0.4 is 11.1 Å². The highest BCUT2D eigenvalue weighted by Gasteiger charge is 2.02. The molecule has 0 aromatic heterocycles. The number of nitrogens with one attached hydrogen (secondary N) is 1. The average molecular weight is 235 g/mol. The van der Waals surface area contributed by atoms with E-state index in [2.05, 4.69) is 5.32 Å². The van der Waals surface area contributed by atoms with Gasteiger partial charge >= 0.3 is 0 Å². The highest BCUT2D eigenvalue weighted by atomic mass is 16.5. The van der Waals surface area contributed by atoms with Crippen molar-refractivity contribution in [3.63, 3.8) is 0 Å². The maximum atomic E-state index is 8.82. The summed E-state index contributed by atoms with van der Waals surface area (Å²) in [5, 5.41) is 11.9. The summed E-state index contributed by atoms with van der Waals surface area (Å²) < 4.78 is 10.2. The van der Waals surface area contributed by atoms with E-state index in [0.29, 0.717) is 37.6 Å². The Morgan fingerprint density at radius 2 is 2.18 bits per heavy atom. The van der Waals surface area contributed by atoms with Gasteiger partial charge in [-0.3, -0.25) is 0 Å². The molecule has 0 aliphatic rings. The van der Waals surface area contributed by atoms with Gasteiger partial charge in [-0.25, -0.2) is 0 Å². The lowest BCUT2D eigenvalue weighted by Crippen LogP contribution is -2.13. The van der Waals surface area contributed by atoms with Gasteiger partial charge in [0.15, 0.2) is 0 Å². The number of nitrogens with zero attached hydrogens (tertiary/aromatic N) is 1. The van der Waals surface area contributed by atoms with Crippen molar-refractivity contribution in [1.82, 2.24) is 0 Å².